The molecule has 1 atom stereocenters. The van der Waals surface area contributed by atoms with E-state index in [0.717, 1.165) is 24.1 Å². The Labute approximate surface area is 144 Å². The summed E-state index contributed by atoms with van der Waals surface area (Å²) >= 11 is 4.76. The number of hydrogen-bond acceptors (Lipinski definition) is 4. The minimum atomic E-state index is -0.152. The highest BCUT2D eigenvalue weighted by molar-refractivity contribution is 9.10. The minimum absolute atomic E-state index is 0.0672. The number of aromatic nitrogens is 2. The van der Waals surface area contributed by atoms with E-state index in [4.69, 9.17) is 0 Å². The summed E-state index contributed by atoms with van der Waals surface area (Å²) in [6.45, 7) is 1.82. The molecule has 2 aromatic heterocycles. The second kappa shape index (κ2) is 5.39. The van der Waals surface area contributed by atoms with Crippen molar-refractivity contribution in [3.05, 3.63) is 57.0 Å². The van der Waals surface area contributed by atoms with E-state index in [-0.39, 0.29) is 16.2 Å². The molecule has 0 aliphatic heterocycles. The second-order valence-corrected chi connectivity index (χ2v) is 7.70. The first kappa shape index (κ1) is 14.8. The molecule has 23 heavy (non-hydrogen) atoms. The molecule has 4 nitrogen and oxygen atoms in total. The van der Waals surface area contributed by atoms with E-state index in [0.29, 0.717) is 20.9 Å². The molecule has 116 valence electrons. The number of carbonyl (C=O) groups excluding carboxylic acids is 1. The standard InChI is InChI=1S/C17H13BrN2O2S/c1-9-19-16-13(11-7-8-12(18)14(21)15(11)23-16)17(22)20(9)10-5-3-2-4-6-10/h2-6,12H,7-8H2,1H3. The predicted octanol–water partition coefficient (Wildman–Crippen LogP) is 3.65. The number of nitrogens with zero attached hydrogens (tertiary/aromatic N) is 2. The van der Waals surface area contributed by atoms with Gasteiger partial charge in [-0.25, -0.2) is 4.98 Å². The van der Waals surface area contributed by atoms with Gasteiger partial charge in [-0.2, -0.15) is 0 Å². The van der Waals surface area contributed by atoms with Crippen molar-refractivity contribution in [2.45, 2.75) is 24.6 Å². The van der Waals surface area contributed by atoms with Gasteiger partial charge in [0.05, 0.1) is 20.8 Å². The molecule has 1 aromatic carbocycles. The summed E-state index contributed by atoms with van der Waals surface area (Å²) in [6, 6.07) is 9.48. The lowest BCUT2D eigenvalue weighted by Crippen LogP contribution is -2.24. The molecule has 4 rings (SSSR count). The fourth-order valence-corrected chi connectivity index (χ4v) is 4.93. The highest BCUT2D eigenvalue weighted by Gasteiger charge is 2.31. The van der Waals surface area contributed by atoms with Gasteiger partial charge < -0.3 is 0 Å². The monoisotopic (exact) mass is 388 g/mol. The van der Waals surface area contributed by atoms with Gasteiger partial charge in [-0.1, -0.05) is 34.1 Å². The molecule has 0 saturated heterocycles. The summed E-state index contributed by atoms with van der Waals surface area (Å²) in [6.07, 6.45) is 1.45. The SMILES string of the molecule is Cc1nc2sc3c(c2c(=O)n1-c1ccccc1)CCC(Br)C3=O. The molecule has 0 bridgehead atoms. The summed E-state index contributed by atoms with van der Waals surface area (Å²) in [5.41, 5.74) is 1.58. The number of fused-ring (bicyclic) bond motifs is 3. The van der Waals surface area contributed by atoms with Crippen molar-refractivity contribution in [3.8, 4) is 5.69 Å². The lowest BCUT2D eigenvalue weighted by molar-refractivity contribution is 0.0986. The number of carbonyl (C=O) groups is 1. The van der Waals surface area contributed by atoms with Gasteiger partial charge in [-0.15, -0.1) is 11.3 Å². The van der Waals surface area contributed by atoms with Gasteiger partial charge in [0.2, 0.25) is 0 Å². The van der Waals surface area contributed by atoms with E-state index in [9.17, 15) is 9.59 Å². The highest BCUT2D eigenvalue weighted by atomic mass is 79.9. The lowest BCUT2D eigenvalue weighted by Gasteiger charge is -2.15. The number of hydrogen-bond donors (Lipinski definition) is 0. The molecule has 0 amide bonds. The van der Waals surface area contributed by atoms with Crippen LogP contribution in [0.3, 0.4) is 0 Å². The molecule has 0 fully saturated rings. The summed E-state index contributed by atoms with van der Waals surface area (Å²) in [7, 11) is 0. The van der Waals surface area contributed by atoms with Crippen LogP contribution < -0.4 is 5.56 Å². The Morgan fingerprint density at radius 3 is 2.74 bits per heavy atom. The maximum atomic E-state index is 13.1. The number of ketones is 1. The topological polar surface area (TPSA) is 52.0 Å². The van der Waals surface area contributed by atoms with Crippen LogP contribution in [0.4, 0.5) is 0 Å². The number of halogens is 1. The Kier molecular flexibility index (Phi) is 3.46. The quantitative estimate of drug-likeness (QED) is 0.597. The van der Waals surface area contributed by atoms with Crippen molar-refractivity contribution in [1.82, 2.24) is 9.55 Å². The maximum Gasteiger partial charge on any atom is 0.267 e. The number of Topliss-reactive ketones (excluding diaryl/α,β-unsaturated/α-hetero) is 1. The molecule has 1 unspecified atom stereocenters. The van der Waals surface area contributed by atoms with Crippen molar-refractivity contribution >= 4 is 43.3 Å². The Hall–Kier alpha value is -1.79. The molecule has 0 radical (unpaired) electrons. The first-order valence-electron chi connectivity index (χ1n) is 7.36. The molecule has 0 spiro atoms. The average molecular weight is 389 g/mol. The van der Waals surface area contributed by atoms with Crippen molar-refractivity contribution in [2.75, 3.05) is 0 Å². The number of rotatable bonds is 1. The zero-order valence-corrected chi connectivity index (χ0v) is 14.8. The number of alkyl halides is 1. The van der Waals surface area contributed by atoms with Crippen LogP contribution in [0.5, 0.6) is 0 Å². The van der Waals surface area contributed by atoms with Crippen LogP contribution in [0.15, 0.2) is 35.1 Å². The van der Waals surface area contributed by atoms with Gasteiger partial charge >= 0.3 is 0 Å². The van der Waals surface area contributed by atoms with Crippen LogP contribution >= 0.6 is 27.3 Å². The Morgan fingerprint density at radius 2 is 2.00 bits per heavy atom. The normalized spacial score (nSPS) is 17.5. The van der Waals surface area contributed by atoms with E-state index < -0.39 is 0 Å². The van der Waals surface area contributed by atoms with E-state index in [1.165, 1.54) is 11.3 Å². The first-order chi connectivity index (χ1) is 11.1. The molecule has 0 saturated carbocycles. The number of aryl methyl sites for hydroxylation is 2. The fourth-order valence-electron chi connectivity index (χ4n) is 3.07. The van der Waals surface area contributed by atoms with Crippen LogP contribution in [0, 0.1) is 6.92 Å². The second-order valence-electron chi connectivity index (χ2n) is 5.60. The third kappa shape index (κ3) is 2.20. The highest BCUT2D eigenvalue weighted by Crippen LogP contribution is 2.36. The van der Waals surface area contributed by atoms with Crippen LogP contribution in [0.1, 0.15) is 27.5 Å². The molecule has 1 aliphatic carbocycles. The Morgan fingerprint density at radius 1 is 1.26 bits per heavy atom. The number of thiophene rings is 1. The molecule has 2 heterocycles. The van der Waals surface area contributed by atoms with Gasteiger partial charge in [0, 0.05) is 0 Å². The van der Waals surface area contributed by atoms with Crippen LogP contribution in [0.2, 0.25) is 0 Å². The third-order valence-electron chi connectivity index (χ3n) is 4.16. The largest absolute Gasteiger partial charge is 0.292 e. The van der Waals surface area contributed by atoms with E-state index in [1.54, 1.807) is 4.57 Å². The molecular formula is C17H13BrN2O2S. The summed E-state index contributed by atoms with van der Waals surface area (Å²) in [5.74, 6) is 0.702. The van der Waals surface area contributed by atoms with Gasteiger partial charge in [-0.05, 0) is 37.5 Å². The van der Waals surface area contributed by atoms with Crippen LogP contribution in [0.25, 0.3) is 15.9 Å². The summed E-state index contributed by atoms with van der Waals surface area (Å²) in [5, 5.41) is 0.604. The van der Waals surface area contributed by atoms with E-state index in [1.807, 2.05) is 37.3 Å². The molecule has 6 heteroatoms. The van der Waals surface area contributed by atoms with Gasteiger partial charge in [0.15, 0.2) is 5.78 Å². The smallest absolute Gasteiger partial charge is 0.267 e. The van der Waals surface area contributed by atoms with E-state index >= 15 is 0 Å². The molecular weight excluding hydrogens is 376 g/mol. The summed E-state index contributed by atoms with van der Waals surface area (Å²) in [4.78, 5) is 31.2. The van der Waals surface area contributed by atoms with Crippen molar-refractivity contribution < 1.29 is 4.79 Å². The maximum absolute atomic E-state index is 13.1. The first-order valence-corrected chi connectivity index (χ1v) is 9.10. The number of para-hydroxylation sites is 1. The van der Waals surface area contributed by atoms with Crippen molar-refractivity contribution in [3.63, 3.8) is 0 Å². The van der Waals surface area contributed by atoms with Gasteiger partial charge in [-0.3, -0.25) is 14.2 Å². The van der Waals surface area contributed by atoms with E-state index in [2.05, 4.69) is 20.9 Å². The van der Waals surface area contributed by atoms with Gasteiger partial charge in [0.25, 0.3) is 5.56 Å². The Bertz CT molecular complexity index is 991. The average Bonchev–Trinajstić information content (AvgIpc) is 2.91. The zero-order valence-electron chi connectivity index (χ0n) is 12.4. The summed E-state index contributed by atoms with van der Waals surface area (Å²) < 4.78 is 1.63. The Balaban J connectivity index is 2.06. The number of benzene rings is 1. The molecule has 0 N–H and O–H groups in total. The zero-order chi connectivity index (χ0) is 16.1. The lowest BCUT2D eigenvalue weighted by atomic mass is 9.96. The van der Waals surface area contributed by atoms with Crippen molar-refractivity contribution in [2.24, 2.45) is 0 Å². The molecule has 1 aliphatic rings. The molecule has 3 aromatic rings. The van der Waals surface area contributed by atoms with Gasteiger partial charge in [0.1, 0.15) is 10.7 Å². The predicted molar refractivity (Wildman–Crippen MR) is 95.3 cm³/mol. The van der Waals surface area contributed by atoms with Crippen molar-refractivity contribution in [1.29, 1.82) is 0 Å². The third-order valence-corrected chi connectivity index (χ3v) is 6.18. The van der Waals surface area contributed by atoms with Crippen LogP contribution in [-0.4, -0.2) is 20.2 Å². The minimum Gasteiger partial charge on any atom is -0.292 e. The fraction of sp³-hybridized carbons (Fsp3) is 0.235. The van der Waals surface area contributed by atoms with Crippen LogP contribution in [-0.2, 0) is 6.42 Å².